The summed E-state index contributed by atoms with van der Waals surface area (Å²) in [5.74, 6) is -0.111. The van der Waals surface area contributed by atoms with Gasteiger partial charge in [0.2, 0.25) is 11.8 Å². The molecule has 3 amide bonds. The van der Waals surface area contributed by atoms with E-state index in [-0.39, 0.29) is 43.3 Å². The molecule has 43 heavy (non-hydrogen) atoms. The van der Waals surface area contributed by atoms with E-state index in [2.05, 4.69) is 0 Å². The molecule has 2 N–H and O–H groups in total. The number of aliphatic hydroxyl groups excluding tert-OH is 1. The maximum Gasteiger partial charge on any atom is 0.264 e. The molecule has 230 valence electrons. The van der Waals surface area contributed by atoms with Crippen molar-refractivity contribution < 1.29 is 33.8 Å². The molecule has 2 aromatic carbocycles. The van der Waals surface area contributed by atoms with Gasteiger partial charge in [-0.1, -0.05) is 19.1 Å². The molecule has 4 aliphatic heterocycles. The third-order valence-corrected chi connectivity index (χ3v) is 12.4. The van der Waals surface area contributed by atoms with Gasteiger partial charge in [-0.15, -0.1) is 0 Å². The minimum atomic E-state index is -2.95. The predicted molar refractivity (Wildman–Crippen MR) is 163 cm³/mol. The Bertz CT molecular complexity index is 1440. The van der Waals surface area contributed by atoms with Gasteiger partial charge in [0.1, 0.15) is 5.75 Å². The van der Waals surface area contributed by atoms with Crippen molar-refractivity contribution in [3.63, 3.8) is 0 Å². The van der Waals surface area contributed by atoms with Crippen LogP contribution in [0.5, 0.6) is 5.75 Å². The zero-order valence-corrected chi connectivity index (χ0v) is 26.3. The number of β-lactam (4-membered cyclic amide) rings is 1. The van der Waals surface area contributed by atoms with Gasteiger partial charge < -0.3 is 34.1 Å². The van der Waals surface area contributed by atoms with Crippen molar-refractivity contribution in [2.75, 3.05) is 36.6 Å². The quantitative estimate of drug-likeness (QED) is 0.350. The van der Waals surface area contributed by atoms with Crippen LogP contribution in [0.4, 0.5) is 11.4 Å². The second-order valence-corrected chi connectivity index (χ2v) is 16.8. The number of methoxy groups -OCH3 is 1. The fourth-order valence-electron chi connectivity index (χ4n) is 7.78. The number of hydrogen-bond acceptors (Lipinski definition) is 7. The minimum absolute atomic E-state index is 0.0305. The molecular formula is C32H41N3O7Si. The lowest BCUT2D eigenvalue weighted by Crippen LogP contribution is -2.46. The molecular weight excluding hydrogens is 566 g/mol. The van der Waals surface area contributed by atoms with Crippen LogP contribution >= 0.6 is 0 Å². The van der Waals surface area contributed by atoms with Gasteiger partial charge in [-0.25, -0.2) is 0 Å². The number of amides is 3. The van der Waals surface area contributed by atoms with E-state index in [0.717, 1.165) is 24.1 Å². The van der Waals surface area contributed by atoms with E-state index in [1.165, 1.54) is 0 Å². The average Bonchev–Trinajstić information content (AvgIpc) is 3.62. The first-order chi connectivity index (χ1) is 20.5. The first kappa shape index (κ1) is 29.8. The Hall–Kier alpha value is -3.25. The summed E-state index contributed by atoms with van der Waals surface area (Å²) in [4.78, 5) is 57.1. The highest BCUT2D eigenvalue weighted by atomic mass is 28.4. The molecule has 1 spiro atoms. The Labute approximate surface area is 253 Å². The predicted octanol–water partition coefficient (Wildman–Crippen LogP) is 3.15. The molecule has 4 heterocycles. The van der Waals surface area contributed by atoms with Crippen LogP contribution in [0.25, 0.3) is 0 Å². The molecule has 5 atom stereocenters. The molecule has 2 aromatic rings. The Morgan fingerprint density at radius 1 is 1.16 bits per heavy atom. The lowest BCUT2D eigenvalue weighted by Gasteiger charge is -2.33. The maximum atomic E-state index is 14.7. The SMILES string of the molecule is COc1ccc2c(c1)[C@]1(O[C@@H](CC(=O)N3CCC[C@H]3CO)[C@H]([Si](C)(C)O)[C@H]1C)C(=O)N2Cc1cccc(N2CCC2=O)c1. The van der Waals surface area contributed by atoms with E-state index in [0.29, 0.717) is 36.5 Å². The van der Waals surface area contributed by atoms with Crippen molar-refractivity contribution in [1.82, 2.24) is 4.90 Å². The van der Waals surface area contributed by atoms with Crippen molar-refractivity contribution in [3.8, 4) is 5.75 Å². The number of carbonyl (C=O) groups is 3. The van der Waals surface area contributed by atoms with Gasteiger partial charge in [-0.2, -0.15) is 0 Å². The fraction of sp³-hybridized carbons (Fsp3) is 0.531. The summed E-state index contributed by atoms with van der Waals surface area (Å²) in [5.41, 5.74) is 1.26. The standard InChI is InChI=1S/C32H41N3O7Si/c1-20-30(43(3,4)40)27(17-29(38)33-13-6-9-23(33)19-36)42-32(20)25-16-24(41-2)10-11-26(25)35(31(32)39)18-21-7-5-8-22(15-21)34-14-12-28(34)37/h5,7-8,10-11,15-16,20,23,27,30,36,40H,6,9,12-14,17-19H2,1-4H3/t20-,23+,27+,30-,32+/m1/s1. The van der Waals surface area contributed by atoms with Gasteiger partial charge in [0.15, 0.2) is 13.9 Å². The van der Waals surface area contributed by atoms with Crippen LogP contribution in [0.1, 0.15) is 43.7 Å². The van der Waals surface area contributed by atoms with Gasteiger partial charge in [-0.3, -0.25) is 14.4 Å². The van der Waals surface area contributed by atoms with Crippen molar-refractivity contribution in [2.45, 2.75) is 75.5 Å². The lowest BCUT2D eigenvalue weighted by atomic mass is 9.82. The zero-order valence-electron chi connectivity index (χ0n) is 25.3. The molecule has 11 heteroatoms. The maximum absolute atomic E-state index is 14.7. The van der Waals surface area contributed by atoms with Crippen molar-refractivity contribution in [2.24, 2.45) is 5.92 Å². The number of rotatable bonds is 8. The Balaban J connectivity index is 1.37. The van der Waals surface area contributed by atoms with E-state index >= 15 is 0 Å². The number of fused-ring (bicyclic) bond motifs is 2. The number of hydrogen-bond donors (Lipinski definition) is 2. The van der Waals surface area contributed by atoms with Crippen LogP contribution in [0, 0.1) is 5.92 Å². The van der Waals surface area contributed by atoms with Crippen molar-refractivity contribution >= 4 is 37.4 Å². The average molecular weight is 608 g/mol. The number of carbonyl (C=O) groups excluding carboxylic acids is 3. The number of anilines is 2. The summed E-state index contributed by atoms with van der Waals surface area (Å²) >= 11 is 0. The van der Waals surface area contributed by atoms with Gasteiger partial charge in [0, 0.05) is 42.2 Å². The van der Waals surface area contributed by atoms with Crippen molar-refractivity contribution in [3.05, 3.63) is 53.6 Å². The third kappa shape index (κ3) is 4.86. The first-order valence-corrected chi connectivity index (χ1v) is 18.2. The monoisotopic (exact) mass is 607 g/mol. The van der Waals surface area contributed by atoms with Crippen LogP contribution in [-0.2, 0) is 31.3 Å². The third-order valence-electron chi connectivity index (χ3n) is 9.89. The highest BCUT2D eigenvalue weighted by Gasteiger charge is 2.66. The number of ether oxygens (including phenoxy) is 2. The van der Waals surface area contributed by atoms with Crippen LogP contribution in [0.15, 0.2) is 42.5 Å². The van der Waals surface area contributed by atoms with E-state index in [9.17, 15) is 24.3 Å². The summed E-state index contributed by atoms with van der Waals surface area (Å²) in [6.45, 7) is 7.07. The molecule has 0 radical (unpaired) electrons. The minimum Gasteiger partial charge on any atom is -0.497 e. The largest absolute Gasteiger partial charge is 0.497 e. The first-order valence-electron chi connectivity index (χ1n) is 15.2. The molecule has 10 nitrogen and oxygen atoms in total. The molecule has 4 aliphatic rings. The van der Waals surface area contributed by atoms with E-state index in [4.69, 9.17) is 9.47 Å². The highest BCUT2D eigenvalue weighted by Crippen LogP contribution is 2.60. The zero-order chi connectivity index (χ0) is 30.7. The van der Waals surface area contributed by atoms with Crippen LogP contribution in [0.3, 0.4) is 0 Å². The summed E-state index contributed by atoms with van der Waals surface area (Å²) in [7, 11) is -1.38. The normalized spacial score (nSPS) is 28.6. The van der Waals surface area contributed by atoms with Gasteiger partial charge in [0.25, 0.3) is 5.91 Å². The van der Waals surface area contributed by atoms with Crippen LogP contribution in [0.2, 0.25) is 18.6 Å². The Morgan fingerprint density at radius 3 is 2.60 bits per heavy atom. The number of benzene rings is 2. The topological polar surface area (TPSA) is 120 Å². The summed E-state index contributed by atoms with van der Waals surface area (Å²) in [6.07, 6.45) is 1.49. The van der Waals surface area contributed by atoms with Crippen LogP contribution < -0.4 is 14.5 Å². The van der Waals surface area contributed by atoms with E-state index in [1.807, 2.05) is 62.5 Å². The number of nitrogens with zero attached hydrogens (tertiary/aromatic N) is 3. The number of likely N-dealkylation sites (tertiary alicyclic amines) is 1. The Kier molecular flexibility index (Phi) is 7.64. The number of aliphatic hydroxyl groups is 1. The van der Waals surface area contributed by atoms with Gasteiger partial charge >= 0.3 is 0 Å². The smallest absolute Gasteiger partial charge is 0.264 e. The fourth-order valence-corrected chi connectivity index (χ4v) is 10.3. The second-order valence-electron chi connectivity index (χ2n) is 12.9. The van der Waals surface area contributed by atoms with E-state index in [1.54, 1.807) is 21.8 Å². The summed E-state index contributed by atoms with van der Waals surface area (Å²) in [6, 6.07) is 13.0. The molecule has 3 fully saturated rings. The molecule has 0 aromatic heterocycles. The molecule has 0 bridgehead atoms. The second kappa shape index (κ2) is 11.0. The lowest BCUT2D eigenvalue weighted by molar-refractivity contribution is -0.150. The van der Waals surface area contributed by atoms with Gasteiger partial charge in [-0.05, 0) is 61.8 Å². The Morgan fingerprint density at radius 2 is 1.95 bits per heavy atom. The summed E-state index contributed by atoms with van der Waals surface area (Å²) < 4.78 is 12.4. The molecule has 6 rings (SSSR count). The molecule has 0 aliphatic carbocycles. The van der Waals surface area contributed by atoms with Crippen LogP contribution in [-0.4, -0.2) is 79.8 Å². The molecule has 0 unspecified atom stereocenters. The molecule has 0 saturated carbocycles. The highest BCUT2D eigenvalue weighted by molar-refractivity contribution is 6.71. The molecule has 3 saturated heterocycles. The van der Waals surface area contributed by atoms with Gasteiger partial charge in [0.05, 0.1) is 44.5 Å². The van der Waals surface area contributed by atoms with Crippen molar-refractivity contribution in [1.29, 1.82) is 0 Å². The summed E-state index contributed by atoms with van der Waals surface area (Å²) in [5, 5.41) is 9.82. The van der Waals surface area contributed by atoms with E-state index < -0.39 is 31.5 Å².